The number of phenols is 1. The molecule has 4 heteroatoms. The highest BCUT2D eigenvalue weighted by Gasteiger charge is 2.19. The molecule has 0 aromatic heterocycles. The van der Waals surface area contributed by atoms with E-state index in [-0.39, 0.29) is 5.75 Å². The number of allylic oxidation sites excluding steroid dienone is 1. The number of rotatable bonds is 4. The number of hydrogen-bond donors (Lipinski definition) is 1. The van der Waals surface area contributed by atoms with Crippen LogP contribution >= 0.6 is 11.6 Å². The number of benzene rings is 2. The van der Waals surface area contributed by atoms with E-state index in [0.717, 1.165) is 36.3 Å². The van der Waals surface area contributed by atoms with Gasteiger partial charge in [0.15, 0.2) is 0 Å². The lowest BCUT2D eigenvalue weighted by Gasteiger charge is -2.18. The molecule has 0 radical (unpaired) electrons. The smallest absolute Gasteiger partial charge is 0.134 e. The van der Waals surface area contributed by atoms with Crippen molar-refractivity contribution in [3.63, 3.8) is 0 Å². The largest absolute Gasteiger partial charge is 0.506 e. The molecular formula is C20H22ClNO2. The molecule has 1 aliphatic heterocycles. The number of fused-ring (bicyclic) bond motifs is 1. The summed E-state index contributed by atoms with van der Waals surface area (Å²) in [6.45, 7) is 1.59. The topological polar surface area (TPSA) is 32.7 Å². The van der Waals surface area contributed by atoms with E-state index in [0.29, 0.717) is 11.6 Å². The maximum absolute atomic E-state index is 9.91. The Balaban J connectivity index is 2.05. The fraction of sp³-hybridized carbons (Fsp3) is 0.300. The second-order valence-corrected chi connectivity index (χ2v) is 6.78. The summed E-state index contributed by atoms with van der Waals surface area (Å²) in [6.07, 6.45) is 1.65. The van der Waals surface area contributed by atoms with Crippen LogP contribution in [0.5, 0.6) is 11.5 Å². The Labute approximate surface area is 148 Å². The van der Waals surface area contributed by atoms with Crippen molar-refractivity contribution >= 4 is 17.2 Å². The first-order valence-electron chi connectivity index (χ1n) is 8.10. The van der Waals surface area contributed by atoms with E-state index in [2.05, 4.69) is 25.1 Å². The molecule has 0 atom stereocenters. The van der Waals surface area contributed by atoms with Gasteiger partial charge >= 0.3 is 0 Å². The summed E-state index contributed by atoms with van der Waals surface area (Å²) in [7, 11) is 4.16. The molecule has 0 spiro atoms. The van der Waals surface area contributed by atoms with Crippen LogP contribution in [0.3, 0.4) is 0 Å². The highest BCUT2D eigenvalue weighted by atomic mass is 35.5. The van der Waals surface area contributed by atoms with Gasteiger partial charge in [0.05, 0.1) is 11.6 Å². The number of halogens is 1. The monoisotopic (exact) mass is 343 g/mol. The zero-order chi connectivity index (χ0) is 17.1. The maximum Gasteiger partial charge on any atom is 0.134 e. The van der Waals surface area contributed by atoms with Crippen LogP contribution < -0.4 is 4.74 Å². The molecule has 2 aromatic carbocycles. The molecule has 0 aliphatic carbocycles. The van der Waals surface area contributed by atoms with Gasteiger partial charge in [-0.2, -0.15) is 0 Å². The molecule has 0 unspecified atom stereocenters. The van der Waals surface area contributed by atoms with E-state index in [9.17, 15) is 5.11 Å². The SMILES string of the molecule is CN(C)CC1=C(Cc2ccc(Cl)c(O)c2)c2ccccc2OCC1. The van der Waals surface area contributed by atoms with Gasteiger partial charge in [-0.1, -0.05) is 35.9 Å². The number of hydrogen-bond acceptors (Lipinski definition) is 3. The molecule has 0 saturated carbocycles. The normalized spacial score (nSPS) is 14.3. The first-order chi connectivity index (χ1) is 11.5. The second-order valence-electron chi connectivity index (χ2n) is 6.38. The zero-order valence-electron chi connectivity index (χ0n) is 14.1. The Kier molecular flexibility index (Phi) is 5.12. The molecule has 0 fully saturated rings. The number of para-hydroxylation sites is 1. The summed E-state index contributed by atoms with van der Waals surface area (Å²) in [6, 6.07) is 13.6. The van der Waals surface area contributed by atoms with Crippen LogP contribution in [0, 0.1) is 0 Å². The van der Waals surface area contributed by atoms with Crippen LogP contribution in [0.4, 0.5) is 0 Å². The maximum atomic E-state index is 9.91. The van der Waals surface area contributed by atoms with Crippen molar-refractivity contribution in [1.82, 2.24) is 4.90 Å². The Hall–Kier alpha value is -1.97. The number of phenolic OH excluding ortho intramolecular Hbond substituents is 1. The van der Waals surface area contributed by atoms with E-state index in [1.165, 1.54) is 11.1 Å². The van der Waals surface area contributed by atoms with Gasteiger partial charge in [0.2, 0.25) is 0 Å². The summed E-state index contributed by atoms with van der Waals surface area (Å²) in [5.74, 6) is 1.06. The molecule has 1 heterocycles. The predicted octanol–water partition coefficient (Wildman–Crippen LogP) is 4.39. The average Bonchev–Trinajstić information content (AvgIpc) is 2.71. The van der Waals surface area contributed by atoms with Crippen molar-refractivity contribution in [2.45, 2.75) is 12.8 Å². The third-order valence-corrected chi connectivity index (χ3v) is 4.52. The van der Waals surface area contributed by atoms with Crippen molar-refractivity contribution in [2.75, 3.05) is 27.2 Å². The van der Waals surface area contributed by atoms with E-state index in [4.69, 9.17) is 16.3 Å². The van der Waals surface area contributed by atoms with E-state index < -0.39 is 0 Å². The molecule has 24 heavy (non-hydrogen) atoms. The Morgan fingerprint density at radius 3 is 2.71 bits per heavy atom. The van der Waals surface area contributed by atoms with Crippen molar-refractivity contribution in [3.05, 3.63) is 64.2 Å². The number of ether oxygens (including phenoxy) is 1. The van der Waals surface area contributed by atoms with Gasteiger partial charge in [0.25, 0.3) is 0 Å². The van der Waals surface area contributed by atoms with Gasteiger partial charge < -0.3 is 14.7 Å². The molecule has 0 saturated heterocycles. The van der Waals surface area contributed by atoms with Crippen molar-refractivity contribution in [2.24, 2.45) is 0 Å². The van der Waals surface area contributed by atoms with Gasteiger partial charge in [0, 0.05) is 18.5 Å². The van der Waals surface area contributed by atoms with Crippen molar-refractivity contribution in [3.8, 4) is 11.5 Å². The highest BCUT2D eigenvalue weighted by Crippen LogP contribution is 2.36. The van der Waals surface area contributed by atoms with Gasteiger partial charge in [-0.3, -0.25) is 0 Å². The number of aromatic hydroxyl groups is 1. The first-order valence-corrected chi connectivity index (χ1v) is 8.47. The van der Waals surface area contributed by atoms with Crippen molar-refractivity contribution < 1.29 is 9.84 Å². The van der Waals surface area contributed by atoms with E-state index >= 15 is 0 Å². The van der Waals surface area contributed by atoms with Crippen LogP contribution in [-0.2, 0) is 6.42 Å². The third-order valence-electron chi connectivity index (χ3n) is 4.20. The summed E-state index contributed by atoms with van der Waals surface area (Å²) < 4.78 is 5.94. The van der Waals surface area contributed by atoms with Crippen LogP contribution in [0.25, 0.3) is 5.57 Å². The fourth-order valence-corrected chi connectivity index (χ4v) is 3.23. The lowest BCUT2D eigenvalue weighted by Crippen LogP contribution is -2.17. The Morgan fingerprint density at radius 2 is 1.96 bits per heavy atom. The molecule has 3 rings (SSSR count). The molecule has 2 aromatic rings. The van der Waals surface area contributed by atoms with E-state index in [1.807, 2.05) is 24.3 Å². The molecule has 1 aliphatic rings. The van der Waals surface area contributed by atoms with Gasteiger partial charge in [-0.15, -0.1) is 0 Å². The first kappa shape index (κ1) is 16.9. The van der Waals surface area contributed by atoms with Crippen LogP contribution in [0.15, 0.2) is 48.0 Å². The van der Waals surface area contributed by atoms with Gasteiger partial charge in [0.1, 0.15) is 11.5 Å². The second kappa shape index (κ2) is 7.29. The van der Waals surface area contributed by atoms with E-state index in [1.54, 1.807) is 12.1 Å². The summed E-state index contributed by atoms with van der Waals surface area (Å²) >= 11 is 5.94. The summed E-state index contributed by atoms with van der Waals surface area (Å²) in [5, 5.41) is 10.3. The average molecular weight is 344 g/mol. The van der Waals surface area contributed by atoms with Crippen LogP contribution in [0.1, 0.15) is 17.5 Å². The summed E-state index contributed by atoms with van der Waals surface area (Å²) in [4.78, 5) is 2.18. The number of nitrogens with zero attached hydrogens (tertiary/aromatic N) is 1. The van der Waals surface area contributed by atoms with Gasteiger partial charge in [-0.05, 0) is 55.4 Å². The van der Waals surface area contributed by atoms with Crippen LogP contribution in [-0.4, -0.2) is 37.3 Å². The molecule has 126 valence electrons. The quantitative estimate of drug-likeness (QED) is 0.893. The standard InChI is InChI=1S/C20H22ClNO2/c1-22(2)13-15-9-10-24-20-6-4-3-5-16(20)17(15)11-14-7-8-18(21)19(23)12-14/h3-8,12,23H,9-11,13H2,1-2H3. The lowest BCUT2D eigenvalue weighted by molar-refractivity contribution is 0.318. The lowest BCUT2D eigenvalue weighted by atomic mass is 9.92. The van der Waals surface area contributed by atoms with Crippen LogP contribution in [0.2, 0.25) is 5.02 Å². The molecule has 0 bridgehead atoms. The zero-order valence-corrected chi connectivity index (χ0v) is 14.8. The van der Waals surface area contributed by atoms with Gasteiger partial charge in [-0.25, -0.2) is 0 Å². The molecular weight excluding hydrogens is 322 g/mol. The predicted molar refractivity (Wildman–Crippen MR) is 98.8 cm³/mol. The summed E-state index contributed by atoms with van der Waals surface area (Å²) in [5.41, 5.74) is 4.83. The Bertz CT molecular complexity index is 768. The molecule has 1 N–H and O–H groups in total. The van der Waals surface area contributed by atoms with Crippen molar-refractivity contribution in [1.29, 1.82) is 0 Å². The third kappa shape index (κ3) is 3.74. The highest BCUT2D eigenvalue weighted by molar-refractivity contribution is 6.32. The molecule has 3 nitrogen and oxygen atoms in total. The Morgan fingerprint density at radius 1 is 1.17 bits per heavy atom. The fourth-order valence-electron chi connectivity index (χ4n) is 3.12. The minimum Gasteiger partial charge on any atom is -0.506 e. The minimum atomic E-state index is 0.127. The minimum absolute atomic E-state index is 0.127. The molecule has 0 amide bonds. The number of likely N-dealkylation sites (N-methyl/N-ethyl adjacent to an activating group) is 1.